The Balaban J connectivity index is 1.41. The molecule has 0 saturated heterocycles. The number of fused-ring (bicyclic) bond motifs is 1. The summed E-state index contributed by atoms with van der Waals surface area (Å²) in [4.78, 5) is 12.3. The SMILES string of the molecule is Cc1cc2ccccc2n1CCNC(=O)c1cc(-c2ccccc2)no1. The third kappa shape index (κ3) is 3.11. The van der Waals surface area contributed by atoms with Gasteiger partial charge in [-0.15, -0.1) is 0 Å². The topological polar surface area (TPSA) is 60.1 Å². The summed E-state index contributed by atoms with van der Waals surface area (Å²) in [7, 11) is 0. The summed E-state index contributed by atoms with van der Waals surface area (Å²) in [5.41, 5.74) is 3.92. The van der Waals surface area contributed by atoms with E-state index in [0.29, 0.717) is 18.8 Å². The van der Waals surface area contributed by atoms with E-state index >= 15 is 0 Å². The number of nitrogens with zero attached hydrogens (tertiary/aromatic N) is 2. The van der Waals surface area contributed by atoms with E-state index in [4.69, 9.17) is 4.52 Å². The molecule has 26 heavy (non-hydrogen) atoms. The molecule has 130 valence electrons. The molecule has 4 rings (SSSR count). The molecule has 5 nitrogen and oxygen atoms in total. The number of hydrogen-bond donors (Lipinski definition) is 1. The fraction of sp³-hybridized carbons (Fsp3) is 0.143. The lowest BCUT2D eigenvalue weighted by Crippen LogP contribution is -2.27. The number of aromatic nitrogens is 2. The smallest absolute Gasteiger partial charge is 0.289 e. The molecule has 0 fully saturated rings. The molecule has 0 unspecified atom stereocenters. The molecule has 4 aromatic rings. The molecule has 0 saturated carbocycles. The Morgan fingerprint density at radius 2 is 1.85 bits per heavy atom. The quantitative estimate of drug-likeness (QED) is 0.594. The number of benzene rings is 2. The Hall–Kier alpha value is -3.34. The van der Waals surface area contributed by atoms with Crippen LogP contribution in [-0.2, 0) is 6.54 Å². The average molecular weight is 345 g/mol. The lowest BCUT2D eigenvalue weighted by Gasteiger charge is -2.08. The van der Waals surface area contributed by atoms with Crippen molar-refractivity contribution < 1.29 is 9.32 Å². The van der Waals surface area contributed by atoms with Gasteiger partial charge >= 0.3 is 0 Å². The van der Waals surface area contributed by atoms with Crippen LogP contribution in [0.3, 0.4) is 0 Å². The fourth-order valence-corrected chi connectivity index (χ4v) is 3.14. The van der Waals surface area contributed by atoms with E-state index in [-0.39, 0.29) is 11.7 Å². The van der Waals surface area contributed by atoms with Crippen LogP contribution < -0.4 is 5.32 Å². The van der Waals surface area contributed by atoms with Crippen LogP contribution in [0.2, 0.25) is 0 Å². The Morgan fingerprint density at radius 1 is 1.08 bits per heavy atom. The van der Waals surface area contributed by atoms with Gasteiger partial charge in [-0.25, -0.2) is 0 Å². The molecule has 0 aliphatic heterocycles. The zero-order chi connectivity index (χ0) is 17.9. The van der Waals surface area contributed by atoms with E-state index in [0.717, 1.165) is 5.56 Å². The maximum atomic E-state index is 12.3. The highest BCUT2D eigenvalue weighted by Gasteiger charge is 2.14. The number of carbonyl (C=O) groups excluding carboxylic acids is 1. The monoisotopic (exact) mass is 345 g/mol. The van der Waals surface area contributed by atoms with Gasteiger partial charge < -0.3 is 14.4 Å². The molecule has 5 heteroatoms. The second-order valence-corrected chi connectivity index (χ2v) is 6.19. The lowest BCUT2D eigenvalue weighted by molar-refractivity contribution is 0.0915. The largest absolute Gasteiger partial charge is 0.350 e. The minimum absolute atomic E-state index is 0.220. The summed E-state index contributed by atoms with van der Waals surface area (Å²) in [5.74, 6) is -0.0354. The van der Waals surface area contributed by atoms with E-state index in [1.165, 1.54) is 16.6 Å². The van der Waals surface area contributed by atoms with Gasteiger partial charge in [-0.1, -0.05) is 53.7 Å². The van der Waals surface area contributed by atoms with Crippen LogP contribution in [0, 0.1) is 6.92 Å². The normalized spacial score (nSPS) is 11.0. The van der Waals surface area contributed by atoms with Crippen molar-refractivity contribution in [2.75, 3.05) is 6.54 Å². The highest BCUT2D eigenvalue weighted by Crippen LogP contribution is 2.19. The molecule has 2 aromatic heterocycles. The molecule has 0 aliphatic carbocycles. The van der Waals surface area contributed by atoms with Crippen LogP contribution in [0.5, 0.6) is 0 Å². The van der Waals surface area contributed by atoms with Gasteiger partial charge in [0.05, 0.1) is 0 Å². The van der Waals surface area contributed by atoms with Crippen molar-refractivity contribution in [3.05, 3.63) is 78.2 Å². The van der Waals surface area contributed by atoms with Gasteiger partial charge in [0.2, 0.25) is 5.76 Å². The first kappa shape index (κ1) is 16.1. The minimum atomic E-state index is -0.256. The second kappa shape index (κ2) is 6.88. The summed E-state index contributed by atoms with van der Waals surface area (Å²) in [6.45, 7) is 3.29. The van der Waals surface area contributed by atoms with Gasteiger partial charge in [-0.2, -0.15) is 0 Å². The molecule has 1 N–H and O–H groups in total. The van der Waals surface area contributed by atoms with Gasteiger partial charge in [-0.05, 0) is 24.4 Å². The molecular formula is C21H19N3O2. The molecular weight excluding hydrogens is 326 g/mol. The van der Waals surface area contributed by atoms with Gasteiger partial charge in [0.25, 0.3) is 5.91 Å². The number of carbonyl (C=O) groups is 1. The zero-order valence-electron chi connectivity index (χ0n) is 14.5. The Morgan fingerprint density at radius 3 is 2.69 bits per heavy atom. The van der Waals surface area contributed by atoms with Crippen LogP contribution in [-0.4, -0.2) is 22.2 Å². The zero-order valence-corrected chi connectivity index (χ0v) is 14.5. The molecule has 0 radical (unpaired) electrons. The van der Waals surface area contributed by atoms with Crippen molar-refractivity contribution in [2.24, 2.45) is 0 Å². The average Bonchev–Trinajstić information content (AvgIpc) is 3.28. The van der Waals surface area contributed by atoms with E-state index in [1.807, 2.05) is 42.5 Å². The van der Waals surface area contributed by atoms with E-state index in [9.17, 15) is 4.79 Å². The maximum absolute atomic E-state index is 12.3. The van der Waals surface area contributed by atoms with Crippen molar-refractivity contribution in [1.29, 1.82) is 0 Å². The minimum Gasteiger partial charge on any atom is -0.350 e. The first-order valence-corrected chi connectivity index (χ1v) is 8.57. The van der Waals surface area contributed by atoms with E-state index < -0.39 is 0 Å². The summed E-state index contributed by atoms with van der Waals surface area (Å²) in [6.07, 6.45) is 0. The van der Waals surface area contributed by atoms with Crippen molar-refractivity contribution in [3.8, 4) is 11.3 Å². The highest BCUT2D eigenvalue weighted by molar-refractivity contribution is 5.92. The van der Waals surface area contributed by atoms with Gasteiger partial charge in [0, 0.05) is 35.9 Å². The second-order valence-electron chi connectivity index (χ2n) is 6.19. The first-order valence-electron chi connectivity index (χ1n) is 8.57. The molecule has 0 bridgehead atoms. The molecule has 2 aromatic carbocycles. The standard InChI is InChI=1S/C21H19N3O2/c1-15-13-17-9-5-6-10-19(17)24(15)12-11-22-21(25)20-14-18(23-26-20)16-7-3-2-4-8-16/h2-10,13-14H,11-12H2,1H3,(H,22,25). The predicted molar refractivity (Wildman–Crippen MR) is 101 cm³/mol. The van der Waals surface area contributed by atoms with E-state index in [2.05, 4.69) is 40.2 Å². The Bertz CT molecular complexity index is 1050. The predicted octanol–water partition coefficient (Wildman–Crippen LogP) is 4.03. The number of nitrogens with one attached hydrogen (secondary N) is 1. The molecule has 0 aliphatic rings. The van der Waals surface area contributed by atoms with Gasteiger partial charge in [0.15, 0.2) is 0 Å². The first-order chi connectivity index (χ1) is 12.7. The number of amides is 1. The molecule has 1 amide bonds. The molecule has 0 spiro atoms. The van der Waals surface area contributed by atoms with Crippen LogP contribution in [0.25, 0.3) is 22.2 Å². The van der Waals surface area contributed by atoms with Crippen LogP contribution in [0.4, 0.5) is 0 Å². The van der Waals surface area contributed by atoms with Crippen LogP contribution in [0.1, 0.15) is 16.2 Å². The van der Waals surface area contributed by atoms with Crippen molar-refractivity contribution in [3.63, 3.8) is 0 Å². The molecule has 2 heterocycles. The summed E-state index contributed by atoms with van der Waals surface area (Å²) in [5, 5.41) is 8.09. The number of aryl methyl sites for hydroxylation is 1. The summed E-state index contributed by atoms with van der Waals surface area (Å²) in [6, 6.07) is 21.7. The number of rotatable bonds is 5. The Labute approximate surface area is 151 Å². The van der Waals surface area contributed by atoms with Crippen molar-refractivity contribution >= 4 is 16.8 Å². The van der Waals surface area contributed by atoms with Crippen LogP contribution >= 0.6 is 0 Å². The van der Waals surface area contributed by atoms with E-state index in [1.54, 1.807) is 6.07 Å². The number of para-hydroxylation sites is 1. The van der Waals surface area contributed by atoms with Crippen molar-refractivity contribution in [1.82, 2.24) is 15.0 Å². The van der Waals surface area contributed by atoms with Crippen molar-refractivity contribution in [2.45, 2.75) is 13.5 Å². The third-order valence-electron chi connectivity index (χ3n) is 4.44. The summed E-state index contributed by atoms with van der Waals surface area (Å²) < 4.78 is 7.39. The highest BCUT2D eigenvalue weighted by atomic mass is 16.5. The Kier molecular flexibility index (Phi) is 4.27. The summed E-state index contributed by atoms with van der Waals surface area (Å²) >= 11 is 0. The number of hydrogen-bond acceptors (Lipinski definition) is 3. The fourth-order valence-electron chi connectivity index (χ4n) is 3.14. The maximum Gasteiger partial charge on any atom is 0.289 e. The molecule has 0 atom stereocenters. The lowest BCUT2D eigenvalue weighted by atomic mass is 10.1. The third-order valence-corrected chi connectivity index (χ3v) is 4.44. The van der Waals surface area contributed by atoms with Gasteiger partial charge in [0.1, 0.15) is 5.69 Å². The van der Waals surface area contributed by atoms with Crippen LogP contribution in [0.15, 0.2) is 71.3 Å². The van der Waals surface area contributed by atoms with Gasteiger partial charge in [-0.3, -0.25) is 4.79 Å².